The molecule has 0 radical (unpaired) electrons. The largest absolute Gasteiger partial charge is 0.489 e. The maximum absolute atomic E-state index is 15.5. The molecule has 33 heavy (non-hydrogen) atoms. The van der Waals surface area contributed by atoms with Crippen molar-refractivity contribution in [3.63, 3.8) is 0 Å². The van der Waals surface area contributed by atoms with Crippen molar-refractivity contribution in [1.82, 2.24) is 0 Å². The second kappa shape index (κ2) is 11.5. The highest BCUT2D eigenvalue weighted by Gasteiger charge is 2.36. The Bertz CT molecular complexity index is 950. The number of unbranched alkanes of at least 4 members (excludes halogenated alkanes) is 3. The molecule has 180 valence electrons. The second-order valence-corrected chi connectivity index (χ2v) is 10.4. The van der Waals surface area contributed by atoms with Gasteiger partial charge in [-0.05, 0) is 79.7 Å². The molecule has 0 N–H and O–H groups in total. The Morgan fingerprint density at radius 3 is 2.61 bits per heavy atom. The van der Waals surface area contributed by atoms with Crippen LogP contribution in [0, 0.1) is 29.4 Å². The highest BCUT2D eigenvalue weighted by atomic mass is 19.1. The van der Waals surface area contributed by atoms with E-state index in [1.807, 2.05) is 31.2 Å². The van der Waals surface area contributed by atoms with Gasteiger partial charge >= 0.3 is 0 Å². The topological polar surface area (TPSA) is 9.23 Å². The van der Waals surface area contributed by atoms with Crippen LogP contribution in [0.2, 0.25) is 0 Å². The zero-order valence-electron chi connectivity index (χ0n) is 20.4. The van der Waals surface area contributed by atoms with E-state index < -0.39 is 5.82 Å². The fraction of sp³-hybridized carbons (Fsp3) is 0.600. The fourth-order valence-electron chi connectivity index (χ4n) is 6.39. The monoisotopic (exact) mass is 454 g/mol. The molecule has 2 fully saturated rings. The van der Waals surface area contributed by atoms with Crippen LogP contribution in [0.5, 0.6) is 5.75 Å². The van der Waals surface area contributed by atoms with Gasteiger partial charge in [-0.15, -0.1) is 0 Å². The molecule has 2 saturated carbocycles. The number of hydrogen-bond donors (Lipinski definition) is 0. The van der Waals surface area contributed by atoms with Crippen molar-refractivity contribution in [1.29, 1.82) is 0 Å². The van der Waals surface area contributed by atoms with Crippen molar-refractivity contribution in [2.24, 2.45) is 17.8 Å². The maximum Gasteiger partial charge on any atom is 0.137 e. The summed E-state index contributed by atoms with van der Waals surface area (Å²) in [5, 5.41) is 0.688. The number of halogens is 2. The van der Waals surface area contributed by atoms with Crippen LogP contribution in [0.4, 0.5) is 8.78 Å². The van der Waals surface area contributed by atoms with E-state index in [4.69, 9.17) is 4.74 Å². The van der Waals surface area contributed by atoms with Gasteiger partial charge in [0.05, 0.1) is 5.39 Å². The van der Waals surface area contributed by atoms with Gasteiger partial charge in [0.15, 0.2) is 0 Å². The van der Waals surface area contributed by atoms with Crippen LogP contribution in [-0.2, 0) is 0 Å². The van der Waals surface area contributed by atoms with Gasteiger partial charge in [-0.3, -0.25) is 0 Å². The molecule has 0 heterocycles. The standard InChI is InChI=1S/C30H40F2O/c1-3-5-7-8-9-21-10-11-23-18-24(13-12-22(23)17-21)27-15-14-25-19-26(33-16-6-4-2)20-28(31)29(25)30(27)32/h4,6,14-15,19-24H,3,5,7-13,16-18H2,1-2H3. The summed E-state index contributed by atoms with van der Waals surface area (Å²) < 4.78 is 36.0. The van der Waals surface area contributed by atoms with Gasteiger partial charge < -0.3 is 4.74 Å². The van der Waals surface area contributed by atoms with Crippen LogP contribution in [0.15, 0.2) is 36.4 Å². The Hall–Kier alpha value is -1.90. The van der Waals surface area contributed by atoms with E-state index in [9.17, 15) is 4.39 Å². The van der Waals surface area contributed by atoms with E-state index in [0.29, 0.717) is 29.2 Å². The van der Waals surface area contributed by atoms with Crippen LogP contribution in [0.1, 0.15) is 96.0 Å². The molecular weight excluding hydrogens is 414 g/mol. The molecule has 1 nitrogen and oxygen atoms in total. The van der Waals surface area contributed by atoms with Crippen LogP contribution in [0.25, 0.3) is 10.8 Å². The minimum Gasteiger partial charge on any atom is -0.489 e. The van der Waals surface area contributed by atoms with E-state index >= 15 is 4.39 Å². The quantitative estimate of drug-likeness (QED) is 0.271. The van der Waals surface area contributed by atoms with E-state index in [0.717, 1.165) is 24.7 Å². The lowest BCUT2D eigenvalue weighted by molar-refractivity contribution is 0.112. The fourth-order valence-corrected chi connectivity index (χ4v) is 6.39. The van der Waals surface area contributed by atoms with Gasteiger partial charge in [-0.1, -0.05) is 69.7 Å². The number of rotatable bonds is 9. The Morgan fingerprint density at radius 2 is 1.79 bits per heavy atom. The molecular formula is C30H40F2O. The Balaban J connectivity index is 1.42. The average Bonchev–Trinajstić information content (AvgIpc) is 2.82. The first-order valence-electron chi connectivity index (χ1n) is 13.3. The number of ether oxygens (including phenoxy) is 1. The zero-order valence-corrected chi connectivity index (χ0v) is 20.4. The molecule has 0 bridgehead atoms. The van der Waals surface area contributed by atoms with Crippen molar-refractivity contribution >= 4 is 10.8 Å². The van der Waals surface area contributed by atoms with Gasteiger partial charge in [0.25, 0.3) is 0 Å². The maximum atomic E-state index is 15.5. The third-order valence-electron chi connectivity index (χ3n) is 8.22. The molecule has 0 amide bonds. The molecule has 0 spiro atoms. The second-order valence-electron chi connectivity index (χ2n) is 10.4. The van der Waals surface area contributed by atoms with Crippen molar-refractivity contribution in [2.45, 2.75) is 90.4 Å². The lowest BCUT2D eigenvalue weighted by atomic mass is 9.63. The lowest BCUT2D eigenvalue weighted by Gasteiger charge is -2.42. The summed E-state index contributed by atoms with van der Waals surface area (Å²) in [6, 6.07) is 6.83. The van der Waals surface area contributed by atoms with Crippen molar-refractivity contribution in [2.75, 3.05) is 6.61 Å². The van der Waals surface area contributed by atoms with Crippen LogP contribution in [0.3, 0.4) is 0 Å². The van der Waals surface area contributed by atoms with Crippen molar-refractivity contribution < 1.29 is 13.5 Å². The van der Waals surface area contributed by atoms with Gasteiger partial charge in [-0.25, -0.2) is 8.78 Å². The van der Waals surface area contributed by atoms with Crippen LogP contribution in [-0.4, -0.2) is 6.61 Å². The lowest BCUT2D eigenvalue weighted by Crippen LogP contribution is -2.30. The minimum absolute atomic E-state index is 0.115. The third kappa shape index (κ3) is 5.78. The molecule has 4 atom stereocenters. The summed E-state index contributed by atoms with van der Waals surface area (Å²) in [6.07, 6.45) is 17.8. The molecule has 4 unspecified atom stereocenters. The smallest absolute Gasteiger partial charge is 0.137 e. The molecule has 0 aliphatic heterocycles. The van der Waals surface area contributed by atoms with E-state index in [2.05, 4.69) is 6.92 Å². The Labute approximate surface area is 198 Å². The summed E-state index contributed by atoms with van der Waals surface area (Å²) in [4.78, 5) is 0. The molecule has 0 saturated heterocycles. The number of benzene rings is 2. The van der Waals surface area contributed by atoms with Crippen LogP contribution < -0.4 is 4.74 Å². The van der Waals surface area contributed by atoms with E-state index in [1.165, 1.54) is 63.9 Å². The van der Waals surface area contributed by atoms with Crippen LogP contribution >= 0.6 is 0 Å². The van der Waals surface area contributed by atoms with Crippen molar-refractivity contribution in [3.05, 3.63) is 53.6 Å². The Kier molecular flexibility index (Phi) is 8.44. The van der Waals surface area contributed by atoms with Gasteiger partial charge in [0, 0.05) is 6.07 Å². The van der Waals surface area contributed by atoms with Gasteiger partial charge in [0.2, 0.25) is 0 Å². The highest BCUT2D eigenvalue weighted by Crippen LogP contribution is 2.49. The normalized spacial score (nSPS) is 25.5. The highest BCUT2D eigenvalue weighted by molar-refractivity contribution is 5.86. The van der Waals surface area contributed by atoms with Crippen molar-refractivity contribution in [3.8, 4) is 5.75 Å². The van der Waals surface area contributed by atoms with Gasteiger partial charge in [-0.2, -0.15) is 0 Å². The predicted molar refractivity (Wildman–Crippen MR) is 134 cm³/mol. The van der Waals surface area contributed by atoms with Gasteiger partial charge in [0.1, 0.15) is 24.0 Å². The molecule has 2 aromatic carbocycles. The molecule has 2 aromatic rings. The van der Waals surface area contributed by atoms with E-state index in [1.54, 1.807) is 6.07 Å². The third-order valence-corrected chi connectivity index (χ3v) is 8.22. The Morgan fingerprint density at radius 1 is 0.970 bits per heavy atom. The summed E-state index contributed by atoms with van der Waals surface area (Å²) in [7, 11) is 0. The average molecular weight is 455 g/mol. The first-order chi connectivity index (χ1) is 16.1. The minimum atomic E-state index is -0.528. The number of allylic oxidation sites excluding steroid dienone is 1. The van der Waals surface area contributed by atoms with E-state index in [-0.39, 0.29) is 17.1 Å². The number of fused-ring (bicyclic) bond motifs is 2. The summed E-state index contributed by atoms with van der Waals surface area (Å²) in [6.45, 7) is 4.57. The molecule has 2 aliphatic carbocycles. The predicted octanol–water partition coefficient (Wildman–Crippen LogP) is 9.34. The zero-order chi connectivity index (χ0) is 23.2. The SMILES string of the molecule is CC=CCOc1cc(F)c2c(F)c(C3CCC4CC(CCCCCC)CCC4C3)ccc2c1. The molecule has 2 aliphatic rings. The summed E-state index contributed by atoms with van der Waals surface area (Å²) >= 11 is 0. The number of hydrogen-bond acceptors (Lipinski definition) is 1. The molecule has 0 aromatic heterocycles. The first-order valence-corrected chi connectivity index (χ1v) is 13.3. The molecule has 4 rings (SSSR count). The molecule has 3 heteroatoms. The first kappa shape index (κ1) is 24.2. The summed E-state index contributed by atoms with van der Waals surface area (Å²) in [5.41, 5.74) is 0.712. The summed E-state index contributed by atoms with van der Waals surface area (Å²) in [5.74, 6) is 2.17.